The molecule has 4 atom stereocenters. The highest BCUT2D eigenvalue weighted by Crippen LogP contribution is 2.65. The fourth-order valence-electron chi connectivity index (χ4n) is 8.31. The first kappa shape index (κ1) is 28.9. The quantitative estimate of drug-likeness (QED) is 0.146. The number of para-hydroxylation sites is 1. The van der Waals surface area contributed by atoms with E-state index in [2.05, 4.69) is 14.8 Å². The van der Waals surface area contributed by atoms with E-state index < -0.39 is 18.1 Å². The summed E-state index contributed by atoms with van der Waals surface area (Å²) < 4.78 is 70.1. The predicted octanol–water partition coefficient (Wildman–Crippen LogP) is 7.50. The van der Waals surface area contributed by atoms with Crippen LogP contribution >= 0.6 is 11.3 Å². The summed E-state index contributed by atoms with van der Waals surface area (Å²) in [5, 5.41) is 5.24. The highest BCUT2D eigenvalue weighted by atomic mass is 32.1. The van der Waals surface area contributed by atoms with Crippen molar-refractivity contribution in [3.8, 4) is 17.0 Å². The minimum absolute atomic E-state index is 0.0496. The van der Waals surface area contributed by atoms with Crippen molar-refractivity contribution in [3.05, 3.63) is 64.1 Å². The fourth-order valence-corrected chi connectivity index (χ4v) is 9.60. The Morgan fingerprint density at radius 3 is 2.78 bits per heavy atom. The Morgan fingerprint density at radius 2 is 2.00 bits per heavy atom. The Morgan fingerprint density at radius 1 is 1.18 bits per heavy atom. The van der Waals surface area contributed by atoms with E-state index in [4.69, 9.17) is 14.2 Å². The maximum absolute atomic E-state index is 14.9. The Kier molecular flexibility index (Phi) is 6.76. The van der Waals surface area contributed by atoms with E-state index in [1.807, 2.05) is 0 Å². The van der Waals surface area contributed by atoms with Crippen molar-refractivity contribution in [2.75, 3.05) is 26.7 Å². The van der Waals surface area contributed by atoms with Crippen molar-refractivity contribution in [2.24, 2.45) is 17.8 Å². The van der Waals surface area contributed by atoms with E-state index in [1.54, 1.807) is 18.2 Å². The molecule has 1 aliphatic heterocycles. The van der Waals surface area contributed by atoms with Crippen LogP contribution in [0.15, 0.2) is 40.9 Å². The summed E-state index contributed by atoms with van der Waals surface area (Å²) >= 11 is 1.50. The average molecular weight is 642 g/mol. The molecule has 7 nitrogen and oxygen atoms in total. The lowest BCUT2D eigenvalue weighted by Gasteiger charge is -2.52. The van der Waals surface area contributed by atoms with E-state index >= 15 is 0 Å². The third-order valence-corrected chi connectivity index (χ3v) is 11.5. The van der Waals surface area contributed by atoms with Crippen LogP contribution in [0.4, 0.5) is 17.6 Å². The SMILES string of the molecule is COC(=O)c1cc(F)c2nc(C34CC5CC3C(CN(CCc3c(-c6ccccc6OC(F)(F)F)noc3C3CC3)C5)C4)sc2c1. The minimum atomic E-state index is -4.81. The van der Waals surface area contributed by atoms with Crippen LogP contribution in [-0.2, 0) is 16.6 Å². The van der Waals surface area contributed by atoms with Crippen LogP contribution in [0.3, 0.4) is 0 Å². The van der Waals surface area contributed by atoms with Crippen LogP contribution in [0, 0.1) is 23.6 Å². The molecule has 4 unspecified atom stereocenters. The molecule has 8 rings (SSSR count). The minimum Gasteiger partial charge on any atom is -0.465 e. The molecular weight excluding hydrogens is 610 g/mol. The molecule has 0 N–H and O–H groups in total. The van der Waals surface area contributed by atoms with Gasteiger partial charge in [0.2, 0.25) is 0 Å². The van der Waals surface area contributed by atoms with Gasteiger partial charge in [-0.2, -0.15) is 0 Å². The maximum atomic E-state index is 14.9. The first-order chi connectivity index (χ1) is 21.6. The zero-order chi connectivity index (χ0) is 31.1. The van der Waals surface area contributed by atoms with Gasteiger partial charge in [0.1, 0.15) is 27.7 Å². The number of esters is 1. The molecule has 1 saturated heterocycles. The highest BCUT2D eigenvalue weighted by molar-refractivity contribution is 7.18. The number of halogens is 4. The standard InChI is InChI=1S/C33H31F4N3O4S/c1-42-30(41)19-11-24(34)28-26(12-19)45-31(38-28)32-13-17-10-23(32)20(14-32)16-40(15-17)9-8-22-27(39-44-29(22)18-6-7-18)21-4-2-3-5-25(21)43-33(35,36)37/h2-5,11-12,17-18,20,23H,6-10,13-16H2,1H3. The molecular formula is C33H31F4N3O4S. The molecule has 45 heavy (non-hydrogen) atoms. The second-order valence-electron chi connectivity index (χ2n) is 13.0. The number of carbonyl (C=O) groups excluding carboxylic acids is 1. The Bertz CT molecular complexity index is 1800. The van der Waals surface area contributed by atoms with Crippen LogP contribution < -0.4 is 4.74 Å². The lowest BCUT2D eigenvalue weighted by molar-refractivity contribution is -0.274. The van der Waals surface area contributed by atoms with E-state index in [-0.39, 0.29) is 28.2 Å². The average Bonchev–Trinajstić information content (AvgIpc) is 3.52. The molecule has 0 amide bonds. The van der Waals surface area contributed by atoms with Crippen LogP contribution in [0.25, 0.3) is 21.5 Å². The summed E-state index contributed by atoms with van der Waals surface area (Å²) in [7, 11) is 1.28. The molecule has 0 radical (unpaired) electrons. The van der Waals surface area contributed by atoms with E-state index in [0.717, 1.165) is 68.1 Å². The summed E-state index contributed by atoms with van der Waals surface area (Å²) in [5.41, 5.74) is 2.04. The molecule has 2 aromatic heterocycles. The molecule has 3 heterocycles. The fraction of sp³-hybridized carbons (Fsp3) is 0.485. The Hall–Kier alpha value is -3.51. The molecule has 0 spiro atoms. The van der Waals surface area contributed by atoms with Gasteiger partial charge < -0.3 is 18.9 Å². The summed E-state index contributed by atoms with van der Waals surface area (Å²) in [6, 6.07) is 8.98. The maximum Gasteiger partial charge on any atom is 0.573 e. The summed E-state index contributed by atoms with van der Waals surface area (Å²) in [4.78, 5) is 19.3. The van der Waals surface area contributed by atoms with Crippen molar-refractivity contribution >= 4 is 27.5 Å². The van der Waals surface area contributed by atoms with E-state index in [9.17, 15) is 22.4 Å². The molecule has 236 valence electrons. The zero-order valence-corrected chi connectivity index (χ0v) is 25.3. The summed E-state index contributed by atoms with van der Waals surface area (Å²) in [5.74, 6) is 1.12. The topological polar surface area (TPSA) is 77.7 Å². The Labute approximate surface area is 260 Å². The van der Waals surface area contributed by atoms with Gasteiger partial charge in [-0.1, -0.05) is 17.3 Å². The monoisotopic (exact) mass is 641 g/mol. The molecule has 4 aromatic rings. The number of rotatable bonds is 8. The number of hydrogen-bond acceptors (Lipinski definition) is 8. The second-order valence-corrected chi connectivity index (χ2v) is 14.1. The molecule has 3 aliphatic carbocycles. The van der Waals surface area contributed by atoms with Gasteiger partial charge in [-0.3, -0.25) is 0 Å². The van der Waals surface area contributed by atoms with Crippen LogP contribution in [-0.4, -0.2) is 54.1 Å². The van der Waals surface area contributed by atoms with Gasteiger partial charge in [-0.15, -0.1) is 24.5 Å². The van der Waals surface area contributed by atoms with Crippen molar-refractivity contribution in [1.82, 2.24) is 15.0 Å². The number of carbonyl (C=O) groups is 1. The van der Waals surface area contributed by atoms with Gasteiger partial charge in [0.05, 0.1) is 17.4 Å². The smallest absolute Gasteiger partial charge is 0.465 e. The van der Waals surface area contributed by atoms with Gasteiger partial charge in [0, 0.05) is 42.1 Å². The van der Waals surface area contributed by atoms with Gasteiger partial charge in [0.15, 0.2) is 5.82 Å². The predicted molar refractivity (Wildman–Crippen MR) is 158 cm³/mol. The normalized spacial score (nSPS) is 26.1. The molecule has 12 heteroatoms. The number of benzene rings is 2. The van der Waals surface area contributed by atoms with Gasteiger partial charge in [-0.25, -0.2) is 14.2 Å². The summed E-state index contributed by atoms with van der Waals surface area (Å²) in [6.45, 7) is 2.61. The van der Waals surface area contributed by atoms with E-state index in [0.29, 0.717) is 40.1 Å². The molecule has 3 saturated carbocycles. The number of likely N-dealkylation sites (tertiary alicyclic amines) is 1. The summed E-state index contributed by atoms with van der Waals surface area (Å²) in [6.07, 6.45) is 0.863. The number of nitrogens with zero attached hydrogens (tertiary/aromatic N) is 3. The van der Waals surface area contributed by atoms with Crippen molar-refractivity contribution in [3.63, 3.8) is 0 Å². The van der Waals surface area contributed by atoms with Gasteiger partial charge >= 0.3 is 12.3 Å². The van der Waals surface area contributed by atoms with E-state index in [1.165, 1.54) is 36.6 Å². The molecule has 4 fully saturated rings. The largest absolute Gasteiger partial charge is 0.573 e. The second kappa shape index (κ2) is 10.5. The highest BCUT2D eigenvalue weighted by Gasteiger charge is 2.62. The van der Waals surface area contributed by atoms with Crippen LogP contribution in [0.5, 0.6) is 5.75 Å². The van der Waals surface area contributed by atoms with Crippen molar-refractivity contribution in [2.45, 2.75) is 56.2 Å². The molecule has 2 aromatic carbocycles. The third-order valence-electron chi connectivity index (χ3n) is 10.3. The van der Waals surface area contributed by atoms with Crippen LogP contribution in [0.2, 0.25) is 0 Å². The number of methoxy groups -OCH3 is 1. The van der Waals surface area contributed by atoms with Crippen LogP contribution in [0.1, 0.15) is 64.7 Å². The Balaban J connectivity index is 1.01. The number of aromatic nitrogens is 2. The number of thiazole rings is 1. The number of fused-ring (bicyclic) bond motifs is 2. The lowest BCUT2D eigenvalue weighted by atomic mass is 9.55. The van der Waals surface area contributed by atoms with Gasteiger partial charge in [-0.05, 0) is 80.5 Å². The molecule has 2 bridgehead atoms. The first-order valence-electron chi connectivity index (χ1n) is 15.4. The van der Waals surface area contributed by atoms with Crippen molar-refractivity contribution < 1.29 is 36.4 Å². The number of alkyl halides is 3. The number of ether oxygens (including phenoxy) is 2. The lowest BCUT2D eigenvalue weighted by Crippen LogP contribution is -2.53. The third kappa shape index (κ3) is 5.00. The van der Waals surface area contributed by atoms with Gasteiger partial charge in [0.25, 0.3) is 0 Å². The van der Waals surface area contributed by atoms with Crippen molar-refractivity contribution in [1.29, 1.82) is 0 Å². The first-order valence-corrected chi connectivity index (χ1v) is 16.2. The zero-order valence-electron chi connectivity index (χ0n) is 24.5. The molecule has 4 aliphatic rings. The number of hydrogen-bond donors (Lipinski definition) is 0.